The summed E-state index contributed by atoms with van der Waals surface area (Å²) in [4.78, 5) is 15.1. The minimum absolute atomic E-state index is 0. The summed E-state index contributed by atoms with van der Waals surface area (Å²) < 4.78 is 0. The number of halogens is 1. The number of hydrogen-bond acceptors (Lipinski definition) is 3. The SMILES string of the molecule is Cl.N#Cc1ccc(N2C(=O)C3(CCNCC3)c3ccccc32)cc1. The molecule has 2 heterocycles. The third-order valence-corrected chi connectivity index (χ3v) is 4.98. The van der Waals surface area contributed by atoms with Crippen LogP contribution in [0.2, 0.25) is 0 Å². The van der Waals surface area contributed by atoms with Crippen LogP contribution in [0, 0.1) is 11.3 Å². The smallest absolute Gasteiger partial charge is 0.242 e. The number of nitrogens with zero attached hydrogens (tertiary/aromatic N) is 2. The normalized spacial score (nSPS) is 18.0. The van der Waals surface area contributed by atoms with Crippen LogP contribution >= 0.6 is 12.4 Å². The zero-order valence-corrected chi connectivity index (χ0v) is 14.0. The van der Waals surface area contributed by atoms with Crippen LogP contribution in [0.1, 0.15) is 24.0 Å². The van der Waals surface area contributed by atoms with Crippen molar-refractivity contribution < 1.29 is 4.79 Å². The van der Waals surface area contributed by atoms with Gasteiger partial charge in [-0.1, -0.05) is 18.2 Å². The van der Waals surface area contributed by atoms with Crippen molar-refractivity contribution in [1.29, 1.82) is 5.26 Å². The van der Waals surface area contributed by atoms with Gasteiger partial charge in [0, 0.05) is 5.69 Å². The summed E-state index contributed by atoms with van der Waals surface area (Å²) in [5.74, 6) is 0.157. The molecule has 2 aromatic carbocycles. The Morgan fingerprint density at radius 3 is 2.38 bits per heavy atom. The first-order valence-electron chi connectivity index (χ1n) is 7.91. The third kappa shape index (κ3) is 2.29. The Balaban J connectivity index is 0.00000169. The zero-order valence-electron chi connectivity index (χ0n) is 13.2. The van der Waals surface area contributed by atoms with Gasteiger partial charge in [-0.2, -0.15) is 5.26 Å². The Morgan fingerprint density at radius 1 is 1.04 bits per heavy atom. The summed E-state index contributed by atoms with van der Waals surface area (Å²) in [6.45, 7) is 1.72. The van der Waals surface area contributed by atoms with E-state index in [1.807, 2.05) is 35.2 Å². The van der Waals surface area contributed by atoms with E-state index in [0.29, 0.717) is 5.56 Å². The van der Waals surface area contributed by atoms with Crippen molar-refractivity contribution in [1.82, 2.24) is 5.32 Å². The number of anilines is 2. The molecule has 5 heteroatoms. The van der Waals surface area contributed by atoms with E-state index in [1.54, 1.807) is 12.1 Å². The van der Waals surface area contributed by atoms with Gasteiger partial charge in [0.05, 0.1) is 22.7 Å². The number of piperidine rings is 1. The van der Waals surface area contributed by atoms with E-state index in [0.717, 1.165) is 42.9 Å². The molecular weight excluding hydrogens is 322 g/mol. The van der Waals surface area contributed by atoms with Gasteiger partial charge in [0.2, 0.25) is 5.91 Å². The van der Waals surface area contributed by atoms with E-state index < -0.39 is 5.41 Å². The second kappa shape index (κ2) is 6.27. The highest BCUT2D eigenvalue weighted by Crippen LogP contribution is 2.49. The molecule has 4 nitrogen and oxygen atoms in total. The van der Waals surface area contributed by atoms with Gasteiger partial charge >= 0.3 is 0 Å². The second-order valence-corrected chi connectivity index (χ2v) is 6.15. The number of benzene rings is 2. The first-order valence-corrected chi connectivity index (χ1v) is 7.91. The lowest BCUT2D eigenvalue weighted by molar-refractivity contribution is -0.123. The van der Waals surface area contributed by atoms with E-state index in [4.69, 9.17) is 5.26 Å². The number of nitrogens with one attached hydrogen (secondary N) is 1. The number of nitriles is 1. The van der Waals surface area contributed by atoms with Crippen LogP contribution in [0.5, 0.6) is 0 Å². The third-order valence-electron chi connectivity index (χ3n) is 4.98. The highest BCUT2D eigenvalue weighted by Gasteiger charge is 2.51. The van der Waals surface area contributed by atoms with Crippen molar-refractivity contribution >= 4 is 29.7 Å². The van der Waals surface area contributed by atoms with E-state index in [1.165, 1.54) is 0 Å². The molecule has 0 unspecified atom stereocenters. The topological polar surface area (TPSA) is 56.1 Å². The van der Waals surface area contributed by atoms with Gasteiger partial charge in [-0.3, -0.25) is 9.69 Å². The Kier molecular flexibility index (Phi) is 4.31. The maximum Gasteiger partial charge on any atom is 0.242 e. The number of para-hydroxylation sites is 1. The fourth-order valence-corrected chi connectivity index (χ4v) is 3.79. The van der Waals surface area contributed by atoms with Crippen molar-refractivity contribution in [3.05, 3.63) is 59.7 Å². The molecule has 0 aromatic heterocycles. The van der Waals surface area contributed by atoms with E-state index in [-0.39, 0.29) is 18.3 Å². The first kappa shape index (κ1) is 16.5. The van der Waals surface area contributed by atoms with Crippen LogP contribution in [0.15, 0.2) is 48.5 Å². The molecular formula is C19H18ClN3O. The van der Waals surface area contributed by atoms with Crippen LogP contribution in [0.4, 0.5) is 11.4 Å². The van der Waals surface area contributed by atoms with Gasteiger partial charge in [0.15, 0.2) is 0 Å². The molecule has 2 aliphatic heterocycles. The number of hydrogen-bond donors (Lipinski definition) is 1. The summed E-state index contributed by atoms with van der Waals surface area (Å²) in [7, 11) is 0. The maximum atomic E-state index is 13.3. The molecule has 2 aromatic rings. The highest BCUT2D eigenvalue weighted by molar-refractivity contribution is 6.13. The zero-order chi connectivity index (χ0) is 15.9. The predicted octanol–water partition coefficient (Wildman–Crippen LogP) is 3.28. The van der Waals surface area contributed by atoms with Gasteiger partial charge in [-0.05, 0) is 61.8 Å². The minimum Gasteiger partial charge on any atom is -0.317 e. The largest absolute Gasteiger partial charge is 0.317 e. The molecule has 1 saturated heterocycles. The van der Waals surface area contributed by atoms with Crippen LogP contribution in [-0.4, -0.2) is 19.0 Å². The minimum atomic E-state index is -0.407. The predicted molar refractivity (Wildman–Crippen MR) is 95.8 cm³/mol. The van der Waals surface area contributed by atoms with Gasteiger partial charge in [-0.25, -0.2) is 0 Å². The molecule has 0 atom stereocenters. The number of carbonyl (C=O) groups is 1. The molecule has 0 bridgehead atoms. The van der Waals surface area contributed by atoms with Crippen molar-refractivity contribution in [3.8, 4) is 6.07 Å². The van der Waals surface area contributed by atoms with Crippen molar-refractivity contribution in [2.24, 2.45) is 0 Å². The van der Waals surface area contributed by atoms with Crippen LogP contribution < -0.4 is 10.2 Å². The average Bonchev–Trinajstić information content (AvgIpc) is 2.85. The van der Waals surface area contributed by atoms with Crippen molar-refractivity contribution in [3.63, 3.8) is 0 Å². The lowest BCUT2D eigenvalue weighted by Crippen LogP contribution is -2.46. The number of fused-ring (bicyclic) bond motifs is 2. The molecule has 4 rings (SSSR count). The fourth-order valence-electron chi connectivity index (χ4n) is 3.79. The monoisotopic (exact) mass is 339 g/mol. The summed E-state index contributed by atoms with van der Waals surface area (Å²) in [5.41, 5.74) is 3.14. The molecule has 1 spiro atoms. The summed E-state index contributed by atoms with van der Waals surface area (Å²) in [6, 6.07) is 17.4. The van der Waals surface area contributed by atoms with E-state index in [9.17, 15) is 4.79 Å². The Morgan fingerprint density at radius 2 is 1.71 bits per heavy atom. The van der Waals surface area contributed by atoms with Crippen LogP contribution in [-0.2, 0) is 10.2 Å². The molecule has 2 aliphatic rings. The Labute approximate surface area is 147 Å². The summed E-state index contributed by atoms with van der Waals surface area (Å²) >= 11 is 0. The summed E-state index contributed by atoms with van der Waals surface area (Å²) in [6.07, 6.45) is 1.66. The molecule has 1 N–H and O–H groups in total. The second-order valence-electron chi connectivity index (χ2n) is 6.15. The first-order chi connectivity index (χ1) is 11.3. The summed E-state index contributed by atoms with van der Waals surface area (Å²) in [5, 5.41) is 12.3. The molecule has 0 aliphatic carbocycles. The van der Waals surface area contributed by atoms with Crippen LogP contribution in [0.3, 0.4) is 0 Å². The van der Waals surface area contributed by atoms with Gasteiger partial charge in [0.25, 0.3) is 0 Å². The number of rotatable bonds is 1. The lowest BCUT2D eigenvalue weighted by Gasteiger charge is -2.33. The van der Waals surface area contributed by atoms with Crippen molar-refractivity contribution in [2.45, 2.75) is 18.3 Å². The van der Waals surface area contributed by atoms with E-state index >= 15 is 0 Å². The molecule has 1 amide bonds. The van der Waals surface area contributed by atoms with Gasteiger partial charge < -0.3 is 5.32 Å². The fraction of sp³-hybridized carbons (Fsp3) is 0.263. The Hall–Kier alpha value is -2.35. The average molecular weight is 340 g/mol. The number of carbonyl (C=O) groups excluding carboxylic acids is 1. The molecule has 0 radical (unpaired) electrons. The molecule has 1 fully saturated rings. The molecule has 122 valence electrons. The van der Waals surface area contributed by atoms with Gasteiger partial charge in [0.1, 0.15) is 0 Å². The highest BCUT2D eigenvalue weighted by atomic mass is 35.5. The molecule has 0 saturated carbocycles. The van der Waals surface area contributed by atoms with Crippen molar-refractivity contribution in [2.75, 3.05) is 18.0 Å². The maximum absolute atomic E-state index is 13.3. The van der Waals surface area contributed by atoms with Crippen LogP contribution in [0.25, 0.3) is 0 Å². The van der Waals surface area contributed by atoms with E-state index in [2.05, 4.69) is 17.5 Å². The molecule has 24 heavy (non-hydrogen) atoms. The quantitative estimate of drug-likeness (QED) is 0.867. The lowest BCUT2D eigenvalue weighted by atomic mass is 9.74. The van der Waals surface area contributed by atoms with Gasteiger partial charge in [-0.15, -0.1) is 12.4 Å². The Bertz CT molecular complexity index is 804. The number of amides is 1. The standard InChI is InChI=1S/C19H17N3O.ClH/c20-13-14-5-7-15(8-6-14)22-17-4-2-1-3-16(17)19(18(22)23)9-11-21-12-10-19;/h1-8,21H,9-12H2;1H.